The van der Waals surface area contributed by atoms with E-state index in [0.717, 1.165) is 11.1 Å². The van der Waals surface area contributed by atoms with Crippen LogP contribution in [0.5, 0.6) is 5.75 Å². The van der Waals surface area contributed by atoms with E-state index in [1.165, 1.54) is 0 Å². The molecule has 0 aliphatic rings. The topological polar surface area (TPSA) is 26.3 Å². The summed E-state index contributed by atoms with van der Waals surface area (Å²) in [6.07, 6.45) is 0.534. The van der Waals surface area contributed by atoms with Crippen molar-refractivity contribution in [2.24, 2.45) is 0 Å². The summed E-state index contributed by atoms with van der Waals surface area (Å²) in [4.78, 5) is 11.7. The zero-order valence-electron chi connectivity index (χ0n) is 11.0. The summed E-state index contributed by atoms with van der Waals surface area (Å²) in [5.74, 6) is 0.314. The first-order valence-corrected chi connectivity index (χ1v) is 6.93. The molecular formula is C16H14Cl2O2. The lowest BCUT2D eigenvalue weighted by molar-refractivity contribution is -0.113. The quantitative estimate of drug-likeness (QED) is 0.763. The standard InChI is InChI=1S/C16H14Cl2O2/c1-20-14-4-2-3-12(10-14)15(16(18)19)9-11-5-7-13(17)8-6-11/h2-8,10,15H,9H2,1H3. The fraction of sp³-hybridized carbons (Fsp3) is 0.188. The van der Waals surface area contributed by atoms with Crippen molar-refractivity contribution < 1.29 is 9.53 Å². The molecule has 2 aromatic carbocycles. The van der Waals surface area contributed by atoms with Gasteiger partial charge in [0.05, 0.1) is 13.0 Å². The van der Waals surface area contributed by atoms with E-state index in [1.807, 2.05) is 36.4 Å². The van der Waals surface area contributed by atoms with Crippen molar-refractivity contribution in [3.05, 3.63) is 64.7 Å². The number of hydrogen-bond donors (Lipinski definition) is 0. The molecular weight excluding hydrogens is 295 g/mol. The van der Waals surface area contributed by atoms with E-state index in [2.05, 4.69) is 0 Å². The Morgan fingerprint density at radius 2 is 1.90 bits per heavy atom. The van der Waals surface area contributed by atoms with Crippen molar-refractivity contribution in [2.45, 2.75) is 12.3 Å². The van der Waals surface area contributed by atoms with Crippen LogP contribution in [-0.2, 0) is 11.2 Å². The van der Waals surface area contributed by atoms with Gasteiger partial charge in [-0.25, -0.2) is 0 Å². The van der Waals surface area contributed by atoms with Crippen LogP contribution in [0.4, 0.5) is 0 Å². The van der Waals surface area contributed by atoms with Crippen LogP contribution in [0.1, 0.15) is 17.0 Å². The van der Waals surface area contributed by atoms with E-state index >= 15 is 0 Å². The van der Waals surface area contributed by atoms with Crippen molar-refractivity contribution >= 4 is 28.4 Å². The number of rotatable bonds is 5. The van der Waals surface area contributed by atoms with Gasteiger partial charge in [0.15, 0.2) is 0 Å². The number of benzene rings is 2. The van der Waals surface area contributed by atoms with Crippen molar-refractivity contribution in [2.75, 3.05) is 7.11 Å². The smallest absolute Gasteiger partial charge is 0.229 e. The van der Waals surface area contributed by atoms with E-state index in [9.17, 15) is 4.79 Å². The van der Waals surface area contributed by atoms with Crippen LogP contribution in [0.15, 0.2) is 48.5 Å². The molecule has 0 saturated carbocycles. The lowest BCUT2D eigenvalue weighted by Gasteiger charge is -2.14. The van der Waals surface area contributed by atoms with Crippen LogP contribution in [0.3, 0.4) is 0 Å². The molecule has 1 atom stereocenters. The molecule has 2 rings (SSSR count). The zero-order chi connectivity index (χ0) is 14.5. The van der Waals surface area contributed by atoms with Crippen molar-refractivity contribution in [1.82, 2.24) is 0 Å². The van der Waals surface area contributed by atoms with Gasteiger partial charge in [-0.3, -0.25) is 4.79 Å². The van der Waals surface area contributed by atoms with Gasteiger partial charge in [-0.2, -0.15) is 0 Å². The summed E-state index contributed by atoms with van der Waals surface area (Å²) in [6, 6.07) is 14.8. The van der Waals surface area contributed by atoms with Gasteiger partial charge in [0, 0.05) is 5.02 Å². The van der Waals surface area contributed by atoms with Crippen LogP contribution in [0.2, 0.25) is 5.02 Å². The molecule has 1 unspecified atom stereocenters. The maximum atomic E-state index is 11.7. The van der Waals surface area contributed by atoms with Gasteiger partial charge in [0.25, 0.3) is 0 Å². The predicted molar refractivity (Wildman–Crippen MR) is 81.8 cm³/mol. The Labute approximate surface area is 128 Å². The molecule has 2 aromatic rings. The molecule has 0 fully saturated rings. The fourth-order valence-electron chi connectivity index (χ4n) is 2.04. The third kappa shape index (κ3) is 3.75. The Morgan fingerprint density at radius 3 is 2.50 bits per heavy atom. The highest BCUT2D eigenvalue weighted by atomic mass is 35.5. The molecule has 2 nitrogen and oxygen atoms in total. The fourth-order valence-corrected chi connectivity index (χ4v) is 2.37. The largest absolute Gasteiger partial charge is 0.497 e. The van der Waals surface area contributed by atoms with Crippen molar-refractivity contribution in [3.8, 4) is 5.75 Å². The minimum absolute atomic E-state index is 0.381. The molecule has 0 aliphatic heterocycles. The Kier molecular flexibility index (Phi) is 5.05. The van der Waals surface area contributed by atoms with Crippen molar-refractivity contribution in [3.63, 3.8) is 0 Å². The second-order valence-electron chi connectivity index (χ2n) is 4.46. The summed E-state index contributed by atoms with van der Waals surface area (Å²) in [5, 5.41) is 0.289. The third-order valence-corrected chi connectivity index (χ3v) is 3.64. The molecule has 0 aliphatic carbocycles. The summed E-state index contributed by atoms with van der Waals surface area (Å²) in [6.45, 7) is 0. The second-order valence-corrected chi connectivity index (χ2v) is 5.27. The molecule has 0 saturated heterocycles. The number of ether oxygens (including phenoxy) is 1. The number of methoxy groups -OCH3 is 1. The van der Waals surface area contributed by atoms with E-state index in [1.54, 1.807) is 19.2 Å². The first-order valence-electron chi connectivity index (χ1n) is 6.18. The highest BCUT2D eigenvalue weighted by Crippen LogP contribution is 2.27. The highest BCUT2D eigenvalue weighted by molar-refractivity contribution is 6.64. The van der Waals surface area contributed by atoms with Gasteiger partial charge in [-0.05, 0) is 53.4 Å². The van der Waals surface area contributed by atoms with E-state index in [-0.39, 0.29) is 5.24 Å². The van der Waals surface area contributed by atoms with Gasteiger partial charge in [0.2, 0.25) is 5.24 Å². The van der Waals surface area contributed by atoms with Crippen LogP contribution in [0.25, 0.3) is 0 Å². The maximum Gasteiger partial charge on any atom is 0.229 e. The monoisotopic (exact) mass is 308 g/mol. The number of carbonyl (C=O) groups excluding carboxylic acids is 1. The van der Waals surface area contributed by atoms with Crippen molar-refractivity contribution in [1.29, 1.82) is 0 Å². The second kappa shape index (κ2) is 6.78. The van der Waals surface area contributed by atoms with Crippen LogP contribution in [-0.4, -0.2) is 12.4 Å². The van der Waals surface area contributed by atoms with E-state index in [0.29, 0.717) is 17.2 Å². The number of hydrogen-bond acceptors (Lipinski definition) is 2. The summed E-state index contributed by atoms with van der Waals surface area (Å²) >= 11 is 11.6. The Hall–Kier alpha value is -1.51. The lowest BCUT2D eigenvalue weighted by Crippen LogP contribution is -2.10. The summed E-state index contributed by atoms with van der Waals surface area (Å²) in [7, 11) is 1.59. The average molecular weight is 309 g/mol. The predicted octanol–water partition coefficient (Wildman–Crippen LogP) is 4.44. The number of halogens is 2. The molecule has 20 heavy (non-hydrogen) atoms. The Morgan fingerprint density at radius 1 is 1.20 bits per heavy atom. The van der Waals surface area contributed by atoms with Gasteiger partial charge in [-0.1, -0.05) is 35.9 Å². The summed E-state index contributed by atoms with van der Waals surface area (Å²) < 4.78 is 5.18. The Bertz CT molecular complexity index is 594. The molecule has 0 heterocycles. The van der Waals surface area contributed by atoms with Crippen LogP contribution < -0.4 is 4.74 Å². The van der Waals surface area contributed by atoms with E-state index in [4.69, 9.17) is 27.9 Å². The van der Waals surface area contributed by atoms with Crippen LogP contribution >= 0.6 is 23.2 Å². The molecule has 0 bridgehead atoms. The highest BCUT2D eigenvalue weighted by Gasteiger charge is 2.19. The van der Waals surface area contributed by atoms with Gasteiger partial charge in [0.1, 0.15) is 5.75 Å². The molecule has 4 heteroatoms. The molecule has 0 amide bonds. The molecule has 0 N–H and O–H groups in total. The van der Waals surface area contributed by atoms with E-state index < -0.39 is 5.92 Å². The van der Waals surface area contributed by atoms with Gasteiger partial charge < -0.3 is 4.74 Å². The SMILES string of the molecule is COc1cccc(C(Cc2ccc(Cl)cc2)C(=O)Cl)c1. The molecule has 0 aromatic heterocycles. The minimum Gasteiger partial charge on any atom is -0.497 e. The minimum atomic E-state index is -0.395. The first kappa shape index (κ1) is 14.9. The zero-order valence-corrected chi connectivity index (χ0v) is 12.5. The van der Waals surface area contributed by atoms with Crippen LogP contribution in [0, 0.1) is 0 Å². The number of carbonyl (C=O) groups is 1. The van der Waals surface area contributed by atoms with Gasteiger partial charge in [-0.15, -0.1) is 0 Å². The third-order valence-electron chi connectivity index (χ3n) is 3.12. The maximum absolute atomic E-state index is 11.7. The summed E-state index contributed by atoms with van der Waals surface area (Å²) in [5.41, 5.74) is 1.86. The molecule has 104 valence electrons. The first-order chi connectivity index (χ1) is 9.60. The van der Waals surface area contributed by atoms with Gasteiger partial charge >= 0.3 is 0 Å². The average Bonchev–Trinajstić information content (AvgIpc) is 2.46. The lowest BCUT2D eigenvalue weighted by atomic mass is 9.93. The molecule has 0 radical (unpaired) electrons. The Balaban J connectivity index is 2.26. The normalized spacial score (nSPS) is 11.9. The molecule has 0 spiro atoms.